The lowest BCUT2D eigenvalue weighted by atomic mass is 10.2. The quantitative estimate of drug-likeness (QED) is 0.904. The summed E-state index contributed by atoms with van der Waals surface area (Å²) in [5.41, 5.74) is 5.33. The van der Waals surface area contributed by atoms with Crippen LogP contribution in [0.1, 0.15) is 15.9 Å². The third-order valence-corrected chi connectivity index (χ3v) is 2.60. The van der Waals surface area contributed by atoms with Crippen LogP contribution in [0, 0.1) is 17.5 Å². The summed E-state index contributed by atoms with van der Waals surface area (Å²) in [6.07, 6.45) is 1.20. The summed E-state index contributed by atoms with van der Waals surface area (Å²) < 4.78 is 39.2. The van der Waals surface area contributed by atoms with E-state index in [1.165, 1.54) is 18.3 Å². The van der Waals surface area contributed by atoms with Crippen molar-refractivity contribution in [2.75, 3.05) is 5.73 Å². The molecule has 1 aromatic carbocycles. The van der Waals surface area contributed by atoms with Crippen LogP contribution in [0.3, 0.4) is 0 Å². The number of nitrogen functional groups attached to an aromatic ring is 1. The number of hydrogen-bond donors (Lipinski definition) is 2. The summed E-state index contributed by atoms with van der Waals surface area (Å²) in [7, 11) is 0. The third kappa shape index (κ3) is 2.87. The molecule has 2 rings (SSSR count). The zero-order valence-corrected chi connectivity index (χ0v) is 10.2. The number of anilines is 1. The summed E-state index contributed by atoms with van der Waals surface area (Å²) in [5.74, 6) is -4.02. The van der Waals surface area contributed by atoms with Crippen LogP contribution < -0.4 is 11.1 Å². The average Bonchev–Trinajstić information content (AvgIpc) is 2.43. The van der Waals surface area contributed by atoms with Crippen LogP contribution in [0.15, 0.2) is 30.5 Å². The first kappa shape index (κ1) is 13.9. The minimum absolute atomic E-state index is 0.0717. The number of rotatable bonds is 3. The number of amides is 1. The molecule has 0 atom stereocenters. The number of benzene rings is 1. The monoisotopic (exact) mass is 281 g/mol. The van der Waals surface area contributed by atoms with Gasteiger partial charge in [-0.3, -0.25) is 4.79 Å². The number of pyridine rings is 1. The van der Waals surface area contributed by atoms with Gasteiger partial charge in [0, 0.05) is 12.7 Å². The van der Waals surface area contributed by atoms with Crippen molar-refractivity contribution in [3.05, 3.63) is 59.0 Å². The number of carbonyl (C=O) groups is 1. The van der Waals surface area contributed by atoms with E-state index in [-0.39, 0.29) is 17.9 Å². The van der Waals surface area contributed by atoms with Crippen molar-refractivity contribution in [3.8, 4) is 0 Å². The maximum atomic E-state index is 13.5. The van der Waals surface area contributed by atoms with Gasteiger partial charge in [0.05, 0.1) is 5.56 Å². The number of aromatic nitrogens is 1. The predicted molar refractivity (Wildman–Crippen MR) is 66.1 cm³/mol. The first-order chi connectivity index (χ1) is 9.49. The fourth-order valence-corrected chi connectivity index (χ4v) is 1.56. The summed E-state index contributed by atoms with van der Waals surface area (Å²) in [6.45, 7) is -0.0717. The lowest BCUT2D eigenvalue weighted by Crippen LogP contribution is -2.24. The van der Waals surface area contributed by atoms with Crippen LogP contribution in [0.5, 0.6) is 0 Å². The number of nitrogens with two attached hydrogens (primary N) is 1. The van der Waals surface area contributed by atoms with E-state index in [0.717, 1.165) is 12.1 Å². The normalized spacial score (nSPS) is 10.3. The second kappa shape index (κ2) is 5.60. The highest BCUT2D eigenvalue weighted by Gasteiger charge is 2.14. The fourth-order valence-electron chi connectivity index (χ4n) is 1.56. The van der Waals surface area contributed by atoms with Gasteiger partial charge >= 0.3 is 0 Å². The molecule has 0 fully saturated rings. The molecule has 3 N–H and O–H groups in total. The van der Waals surface area contributed by atoms with Gasteiger partial charge in [0.2, 0.25) is 0 Å². The summed E-state index contributed by atoms with van der Waals surface area (Å²) in [4.78, 5) is 15.2. The Morgan fingerprint density at radius 2 is 1.95 bits per heavy atom. The average molecular weight is 281 g/mol. The molecule has 104 valence electrons. The standard InChI is InChI=1S/C13H10F3N3O/c14-9-2-1-7(5-10(9)15)6-19-13(20)8-3-4-18-12(17)11(8)16/h1-5H,6H2,(H2,17,18)(H,19,20). The smallest absolute Gasteiger partial charge is 0.254 e. The second-order valence-corrected chi connectivity index (χ2v) is 3.99. The lowest BCUT2D eigenvalue weighted by Gasteiger charge is -2.07. The molecule has 20 heavy (non-hydrogen) atoms. The predicted octanol–water partition coefficient (Wildman–Crippen LogP) is 2.01. The molecule has 1 aromatic heterocycles. The Hall–Kier alpha value is -2.57. The van der Waals surface area contributed by atoms with E-state index >= 15 is 0 Å². The second-order valence-electron chi connectivity index (χ2n) is 3.99. The number of hydrogen-bond acceptors (Lipinski definition) is 3. The van der Waals surface area contributed by atoms with Gasteiger partial charge < -0.3 is 11.1 Å². The van der Waals surface area contributed by atoms with Gasteiger partial charge in [-0.1, -0.05) is 6.07 Å². The molecule has 4 nitrogen and oxygen atoms in total. The molecule has 0 aliphatic heterocycles. The number of nitrogens with one attached hydrogen (secondary N) is 1. The van der Waals surface area contributed by atoms with Crippen LogP contribution in [0.4, 0.5) is 19.0 Å². The van der Waals surface area contributed by atoms with Gasteiger partial charge in [-0.05, 0) is 23.8 Å². The van der Waals surface area contributed by atoms with E-state index in [1.807, 2.05) is 0 Å². The first-order valence-electron chi connectivity index (χ1n) is 5.61. The Balaban J connectivity index is 2.08. The Kier molecular flexibility index (Phi) is 3.88. The fraction of sp³-hybridized carbons (Fsp3) is 0.0769. The van der Waals surface area contributed by atoms with Gasteiger partial charge in [-0.2, -0.15) is 0 Å². The lowest BCUT2D eigenvalue weighted by molar-refractivity contribution is 0.0946. The highest BCUT2D eigenvalue weighted by atomic mass is 19.2. The van der Waals surface area contributed by atoms with Gasteiger partial charge in [0.1, 0.15) is 0 Å². The largest absolute Gasteiger partial charge is 0.381 e. The first-order valence-corrected chi connectivity index (χ1v) is 5.61. The molecule has 0 saturated carbocycles. The van der Waals surface area contributed by atoms with Crippen molar-refractivity contribution in [1.82, 2.24) is 10.3 Å². The number of halogens is 3. The summed E-state index contributed by atoms with van der Waals surface area (Å²) in [6, 6.07) is 4.39. The van der Waals surface area contributed by atoms with Gasteiger partial charge in [-0.15, -0.1) is 0 Å². The van der Waals surface area contributed by atoms with Crippen LogP contribution >= 0.6 is 0 Å². The Labute approximate surface area is 112 Å². The van der Waals surface area contributed by atoms with Gasteiger partial charge in [-0.25, -0.2) is 18.2 Å². The van der Waals surface area contributed by atoms with Gasteiger partial charge in [0.15, 0.2) is 23.3 Å². The van der Waals surface area contributed by atoms with Gasteiger partial charge in [0.25, 0.3) is 5.91 Å². The molecule has 1 amide bonds. The minimum atomic E-state index is -1.02. The van der Waals surface area contributed by atoms with E-state index in [4.69, 9.17) is 5.73 Å². The molecule has 2 aromatic rings. The summed E-state index contributed by atoms with van der Waals surface area (Å²) >= 11 is 0. The molecule has 0 radical (unpaired) electrons. The molecule has 0 aliphatic rings. The maximum absolute atomic E-state index is 13.5. The van der Waals surface area contributed by atoms with Crippen molar-refractivity contribution < 1.29 is 18.0 Å². The summed E-state index contributed by atoms with van der Waals surface area (Å²) in [5, 5.41) is 2.38. The zero-order valence-electron chi connectivity index (χ0n) is 10.2. The van der Waals surface area contributed by atoms with Crippen LogP contribution in [0.25, 0.3) is 0 Å². The minimum Gasteiger partial charge on any atom is -0.381 e. The van der Waals surface area contributed by atoms with Crippen LogP contribution in [-0.2, 0) is 6.54 Å². The van der Waals surface area contributed by atoms with E-state index in [9.17, 15) is 18.0 Å². The Morgan fingerprint density at radius 3 is 2.65 bits per heavy atom. The topological polar surface area (TPSA) is 68.0 Å². The molecule has 0 bridgehead atoms. The molecule has 7 heteroatoms. The molecular weight excluding hydrogens is 271 g/mol. The van der Waals surface area contributed by atoms with E-state index in [0.29, 0.717) is 5.56 Å². The molecule has 0 unspecified atom stereocenters. The number of carbonyl (C=O) groups excluding carboxylic acids is 1. The zero-order chi connectivity index (χ0) is 14.7. The Bertz CT molecular complexity index is 661. The molecular formula is C13H10F3N3O. The maximum Gasteiger partial charge on any atom is 0.254 e. The van der Waals surface area contributed by atoms with Crippen molar-refractivity contribution in [1.29, 1.82) is 0 Å². The van der Waals surface area contributed by atoms with Crippen molar-refractivity contribution in [2.24, 2.45) is 0 Å². The number of nitrogens with zero attached hydrogens (tertiary/aromatic N) is 1. The van der Waals surface area contributed by atoms with Crippen molar-refractivity contribution >= 4 is 11.7 Å². The molecule has 0 saturated heterocycles. The van der Waals surface area contributed by atoms with Crippen molar-refractivity contribution in [3.63, 3.8) is 0 Å². The van der Waals surface area contributed by atoms with E-state index in [1.54, 1.807) is 0 Å². The molecule has 0 aliphatic carbocycles. The van der Waals surface area contributed by atoms with E-state index < -0.39 is 23.4 Å². The Morgan fingerprint density at radius 1 is 1.20 bits per heavy atom. The highest BCUT2D eigenvalue weighted by Crippen LogP contribution is 2.12. The molecule has 1 heterocycles. The van der Waals surface area contributed by atoms with E-state index in [2.05, 4.69) is 10.3 Å². The molecule has 0 spiro atoms. The van der Waals surface area contributed by atoms with Crippen molar-refractivity contribution in [2.45, 2.75) is 6.54 Å². The third-order valence-electron chi connectivity index (χ3n) is 2.60. The van der Waals surface area contributed by atoms with Crippen LogP contribution in [0.2, 0.25) is 0 Å². The SMILES string of the molecule is Nc1nccc(C(=O)NCc2ccc(F)c(F)c2)c1F. The van der Waals surface area contributed by atoms with Crippen LogP contribution in [-0.4, -0.2) is 10.9 Å². The highest BCUT2D eigenvalue weighted by molar-refractivity contribution is 5.95.